The number of allylic oxidation sites excluding steroid dienone is 2. The highest BCUT2D eigenvalue weighted by Crippen LogP contribution is 2.50. The number of nitrogens with zero attached hydrogens (tertiary/aromatic N) is 2. The van der Waals surface area contributed by atoms with E-state index in [0.29, 0.717) is 17.4 Å². The molecular formula is C24H25BrF6N2O2Si. The first-order valence-corrected chi connectivity index (χ1v) is 14.9. The van der Waals surface area contributed by atoms with Crippen LogP contribution in [-0.2, 0) is 14.7 Å². The second kappa shape index (κ2) is 8.68. The molecule has 1 aliphatic carbocycles. The van der Waals surface area contributed by atoms with Crippen molar-refractivity contribution in [3.63, 3.8) is 0 Å². The predicted molar refractivity (Wildman–Crippen MR) is 130 cm³/mol. The van der Waals surface area contributed by atoms with Gasteiger partial charge in [-0.3, -0.25) is 4.99 Å². The Kier molecular flexibility index (Phi) is 6.47. The number of benzene rings is 1. The van der Waals surface area contributed by atoms with E-state index in [-0.39, 0.29) is 33.9 Å². The van der Waals surface area contributed by atoms with E-state index < -0.39 is 43.8 Å². The number of hydrogen-bond donors (Lipinski definition) is 0. The minimum Gasteiger partial charge on any atom is -0.543 e. The van der Waals surface area contributed by atoms with E-state index in [0.717, 1.165) is 11.1 Å². The normalized spacial score (nSPS) is 22.1. The van der Waals surface area contributed by atoms with Gasteiger partial charge in [0.15, 0.2) is 11.6 Å². The van der Waals surface area contributed by atoms with Gasteiger partial charge in [-0.25, -0.2) is 4.39 Å². The molecule has 0 fully saturated rings. The predicted octanol–water partition coefficient (Wildman–Crippen LogP) is 7.85. The van der Waals surface area contributed by atoms with Gasteiger partial charge < -0.3 is 14.1 Å². The number of ether oxygens (including phenoxy) is 1. The highest BCUT2D eigenvalue weighted by molar-refractivity contribution is 9.10. The summed E-state index contributed by atoms with van der Waals surface area (Å²) < 4.78 is 93.2. The van der Waals surface area contributed by atoms with Crippen molar-refractivity contribution in [1.29, 1.82) is 0 Å². The Labute approximate surface area is 214 Å². The van der Waals surface area contributed by atoms with Crippen LogP contribution in [0.1, 0.15) is 38.3 Å². The van der Waals surface area contributed by atoms with Gasteiger partial charge in [0.2, 0.25) is 8.32 Å². The van der Waals surface area contributed by atoms with Crippen LogP contribution in [0, 0.1) is 5.82 Å². The molecule has 1 aromatic carbocycles. The Morgan fingerprint density at radius 1 is 1.14 bits per heavy atom. The van der Waals surface area contributed by atoms with Crippen LogP contribution in [0.25, 0.3) is 5.76 Å². The SMILES string of the molecule is CC(C)(C)[Si](C)(C)OC1=CC[C@@]2(CN3C=C(C(F)(F)F)C=C(OC(F)F)C3=N2)c2ccc(Br)c(F)c21. The van der Waals surface area contributed by atoms with Crippen LogP contribution in [0.4, 0.5) is 26.3 Å². The highest BCUT2D eigenvalue weighted by atomic mass is 79.9. The van der Waals surface area contributed by atoms with Crippen LogP contribution < -0.4 is 0 Å². The number of hydrogen-bond acceptors (Lipinski definition) is 4. The zero-order valence-electron chi connectivity index (χ0n) is 20.2. The van der Waals surface area contributed by atoms with E-state index in [1.54, 1.807) is 12.1 Å². The Bertz CT molecular complexity index is 1220. The summed E-state index contributed by atoms with van der Waals surface area (Å²) in [6.07, 6.45) is -1.61. The van der Waals surface area contributed by atoms with E-state index in [2.05, 4.69) is 25.7 Å². The van der Waals surface area contributed by atoms with Gasteiger partial charge in [-0.2, -0.15) is 22.0 Å². The molecule has 1 atom stereocenters. The minimum atomic E-state index is -4.79. The number of halogens is 7. The van der Waals surface area contributed by atoms with Crippen LogP contribution in [0.15, 0.2) is 51.3 Å². The summed E-state index contributed by atoms with van der Waals surface area (Å²) in [7, 11) is -2.39. The van der Waals surface area contributed by atoms with E-state index >= 15 is 4.39 Å². The summed E-state index contributed by atoms with van der Waals surface area (Å²) in [6.45, 7) is 6.71. The van der Waals surface area contributed by atoms with Crippen molar-refractivity contribution < 1.29 is 35.5 Å². The monoisotopic (exact) mass is 594 g/mol. The molecule has 0 N–H and O–H groups in total. The first-order valence-electron chi connectivity index (χ1n) is 11.2. The zero-order chi connectivity index (χ0) is 26.8. The molecule has 0 unspecified atom stereocenters. The maximum Gasteiger partial charge on any atom is 0.417 e. The molecule has 1 spiro atoms. The molecule has 0 amide bonds. The average Bonchev–Trinajstić information content (AvgIpc) is 3.10. The van der Waals surface area contributed by atoms with E-state index in [1.807, 2.05) is 33.9 Å². The second-order valence-corrected chi connectivity index (χ2v) is 16.1. The van der Waals surface area contributed by atoms with Gasteiger partial charge in [-0.15, -0.1) is 0 Å². The largest absolute Gasteiger partial charge is 0.543 e. The quantitative estimate of drug-likeness (QED) is 0.263. The van der Waals surface area contributed by atoms with E-state index in [1.165, 1.54) is 6.07 Å². The summed E-state index contributed by atoms with van der Waals surface area (Å²) in [5, 5.41) is -0.176. The molecule has 2 heterocycles. The molecular weight excluding hydrogens is 570 g/mol. The Morgan fingerprint density at radius 2 is 1.81 bits per heavy atom. The summed E-state index contributed by atoms with van der Waals surface area (Å²) in [4.78, 5) is 5.71. The summed E-state index contributed by atoms with van der Waals surface area (Å²) in [6, 6.07) is 3.13. The van der Waals surface area contributed by atoms with Crippen molar-refractivity contribution >= 4 is 35.8 Å². The zero-order valence-corrected chi connectivity index (χ0v) is 22.8. The molecule has 196 valence electrons. The molecule has 36 heavy (non-hydrogen) atoms. The Hall–Kier alpha value is -2.21. The Balaban J connectivity index is 1.84. The van der Waals surface area contributed by atoms with Gasteiger partial charge >= 0.3 is 12.8 Å². The minimum absolute atomic E-state index is 0.121. The molecule has 0 bridgehead atoms. The fraction of sp³-hybridized carbons (Fsp3) is 0.458. The standard InChI is InChI=1S/C24H25BrF6N2O2Si/c1-22(2,3)36(4,5)35-16-8-9-23(14-6-7-15(25)19(26)18(14)16)12-33-11-13(24(29,30)31)10-17(20(33)32-23)34-21(27)28/h6-8,10-11,21H,9,12H2,1-5H3/t23-/m1/s1. The molecule has 12 heteroatoms. The molecule has 4 nitrogen and oxygen atoms in total. The van der Waals surface area contributed by atoms with Crippen molar-refractivity contribution in [3.05, 3.63) is 63.2 Å². The molecule has 1 aromatic rings. The van der Waals surface area contributed by atoms with Gasteiger partial charge in [0.1, 0.15) is 17.1 Å². The number of aliphatic imine (C=N–C) groups is 1. The van der Waals surface area contributed by atoms with Gasteiger partial charge in [0, 0.05) is 12.6 Å². The summed E-state index contributed by atoms with van der Waals surface area (Å²) in [5.74, 6) is -1.10. The van der Waals surface area contributed by atoms with E-state index in [4.69, 9.17) is 4.43 Å². The van der Waals surface area contributed by atoms with Gasteiger partial charge in [-0.1, -0.05) is 26.8 Å². The smallest absolute Gasteiger partial charge is 0.417 e. The van der Waals surface area contributed by atoms with Crippen LogP contribution in [-0.4, -0.2) is 38.4 Å². The molecule has 4 rings (SSSR count). The topological polar surface area (TPSA) is 34.1 Å². The van der Waals surface area contributed by atoms with Gasteiger partial charge in [0.05, 0.1) is 22.2 Å². The molecule has 2 aliphatic heterocycles. The highest BCUT2D eigenvalue weighted by Gasteiger charge is 2.50. The van der Waals surface area contributed by atoms with Crippen LogP contribution >= 0.6 is 15.9 Å². The van der Waals surface area contributed by atoms with Crippen LogP contribution in [0.3, 0.4) is 0 Å². The maximum absolute atomic E-state index is 15.6. The molecule has 0 radical (unpaired) electrons. The second-order valence-electron chi connectivity index (χ2n) is 10.5. The number of fused-ring (bicyclic) bond motifs is 3. The van der Waals surface area contributed by atoms with Crippen molar-refractivity contribution in [2.24, 2.45) is 4.99 Å². The van der Waals surface area contributed by atoms with Gasteiger partial charge in [0.25, 0.3) is 0 Å². The van der Waals surface area contributed by atoms with Crippen molar-refractivity contribution in [2.45, 2.75) is 63.7 Å². The fourth-order valence-electron chi connectivity index (χ4n) is 4.14. The number of alkyl halides is 5. The van der Waals surface area contributed by atoms with Crippen molar-refractivity contribution in [3.8, 4) is 0 Å². The lowest BCUT2D eigenvalue weighted by molar-refractivity contribution is -0.0981. The fourth-order valence-corrected chi connectivity index (χ4v) is 5.51. The molecule has 0 saturated carbocycles. The molecule has 3 aliphatic rings. The summed E-state index contributed by atoms with van der Waals surface area (Å²) in [5.41, 5.74) is -1.82. The third kappa shape index (κ3) is 4.62. The van der Waals surface area contributed by atoms with Gasteiger partial charge in [-0.05, 0) is 57.8 Å². The first kappa shape index (κ1) is 26.8. The van der Waals surface area contributed by atoms with Crippen molar-refractivity contribution in [1.82, 2.24) is 4.90 Å². The summed E-state index contributed by atoms with van der Waals surface area (Å²) >= 11 is 3.21. The third-order valence-electron chi connectivity index (χ3n) is 7.01. The lowest BCUT2D eigenvalue weighted by Crippen LogP contribution is -2.41. The Morgan fingerprint density at radius 3 is 2.39 bits per heavy atom. The van der Waals surface area contributed by atoms with E-state index in [9.17, 15) is 22.0 Å². The van der Waals surface area contributed by atoms with Crippen LogP contribution in [0.5, 0.6) is 0 Å². The third-order valence-corrected chi connectivity index (χ3v) is 12.0. The number of rotatable bonds is 4. The van der Waals surface area contributed by atoms with Crippen molar-refractivity contribution in [2.75, 3.05) is 6.54 Å². The maximum atomic E-state index is 15.6. The first-order chi connectivity index (χ1) is 16.4. The average molecular weight is 595 g/mol. The lowest BCUT2D eigenvalue weighted by atomic mass is 9.79. The number of amidine groups is 1. The van der Waals surface area contributed by atoms with Crippen LogP contribution in [0.2, 0.25) is 18.1 Å². The lowest BCUT2D eigenvalue weighted by Gasteiger charge is -2.40. The molecule has 0 aromatic heterocycles. The molecule has 0 saturated heterocycles.